The maximum atomic E-state index is 11.5. The molecule has 5 fully saturated rings. The molecule has 0 radical (unpaired) electrons. The Kier molecular flexibility index (Phi) is 18.9. The Hall–Kier alpha value is -4.99. The van der Waals surface area contributed by atoms with Gasteiger partial charge in [-0.15, -0.1) is 11.3 Å². The van der Waals surface area contributed by atoms with Gasteiger partial charge in [-0.3, -0.25) is 19.6 Å². The number of hydrogen-bond acceptors (Lipinski definition) is 11. The van der Waals surface area contributed by atoms with Crippen LogP contribution in [0.1, 0.15) is 84.2 Å². The summed E-state index contributed by atoms with van der Waals surface area (Å²) in [7, 11) is 0. The Labute approximate surface area is 402 Å². The summed E-state index contributed by atoms with van der Waals surface area (Å²) in [6.07, 6.45) is 5.46. The van der Waals surface area contributed by atoms with Gasteiger partial charge in [0, 0.05) is 102 Å². The first-order valence-corrected chi connectivity index (χ1v) is 25.2. The van der Waals surface area contributed by atoms with Gasteiger partial charge in [0.1, 0.15) is 5.60 Å². The Morgan fingerprint density at radius 3 is 1.33 bits per heavy atom. The highest BCUT2D eigenvalue weighted by atomic mass is 32.1. The summed E-state index contributed by atoms with van der Waals surface area (Å²) >= 11 is 1.12. The molecule has 3 N–H and O–H groups in total. The van der Waals surface area contributed by atoms with Crippen molar-refractivity contribution in [3.63, 3.8) is 0 Å². The summed E-state index contributed by atoms with van der Waals surface area (Å²) in [5, 5.41) is 16.6. The number of benzene rings is 4. The number of nitrogens with one attached hydrogen (secondary N) is 2. The van der Waals surface area contributed by atoms with Gasteiger partial charge in [-0.05, 0) is 69.0 Å². The van der Waals surface area contributed by atoms with E-state index in [0.29, 0.717) is 12.1 Å². The van der Waals surface area contributed by atoms with Crippen molar-refractivity contribution in [2.75, 3.05) is 91.6 Å². The third kappa shape index (κ3) is 15.0. The number of ether oxygens (including phenoxy) is 1. The zero-order valence-electron chi connectivity index (χ0n) is 39.8. The fourth-order valence-electron chi connectivity index (χ4n) is 9.46. The lowest BCUT2D eigenvalue weighted by atomic mass is 9.92. The first kappa shape index (κ1) is 49.9. The van der Waals surface area contributed by atoms with E-state index in [1.807, 2.05) is 20.8 Å². The van der Waals surface area contributed by atoms with E-state index in [-0.39, 0.29) is 16.7 Å². The summed E-state index contributed by atoms with van der Waals surface area (Å²) < 4.78 is 5.24. The van der Waals surface area contributed by atoms with E-state index in [4.69, 9.17) is 9.84 Å². The molecule has 1 amide bonds. The Morgan fingerprint density at radius 1 is 0.597 bits per heavy atom. The predicted octanol–water partition coefficient (Wildman–Crippen LogP) is 7.98. The standard InChI is InChI=1S/C21H26N2.C20H25N3.C9H18N2O2.C4H3NO2S/c1-4-10-18(11-5-1)21(19-12-6-2-7-13-19)23-16-20(17-23)22-14-8-3-9-15-22;1-3-7-17(8-4-1)20(18-9-5-2-6-10-18)23-15-19(16-23)22-13-11-21-12-14-22;1-9(2,3)13-8(12)11-6-4-10-5-7-11;6-4(7)3-5-1-2-8-3/h1-2,4-7,10-13,20-21H,3,8-9,14-17H2;1-10,19-21H,11-16H2;10H,4-7H2,1-3H3;1-2H,(H,6,7). The number of aromatic nitrogens is 1. The van der Waals surface area contributed by atoms with Gasteiger partial charge in [-0.2, -0.15) is 0 Å². The van der Waals surface area contributed by atoms with Gasteiger partial charge >= 0.3 is 12.1 Å². The third-order valence-electron chi connectivity index (χ3n) is 12.9. The number of carbonyl (C=O) groups excluding carboxylic acids is 1. The first-order chi connectivity index (χ1) is 32.6. The lowest BCUT2D eigenvalue weighted by Crippen LogP contribution is -2.63. The highest BCUT2D eigenvalue weighted by molar-refractivity contribution is 7.11. The van der Waals surface area contributed by atoms with E-state index < -0.39 is 5.97 Å². The van der Waals surface area contributed by atoms with Crippen molar-refractivity contribution in [1.82, 2.24) is 40.1 Å². The smallest absolute Gasteiger partial charge is 0.410 e. The Morgan fingerprint density at radius 2 is 0.985 bits per heavy atom. The predicted molar refractivity (Wildman–Crippen MR) is 270 cm³/mol. The van der Waals surface area contributed by atoms with Crippen molar-refractivity contribution in [2.45, 2.75) is 69.8 Å². The number of carboxylic acids is 1. The zero-order chi connectivity index (χ0) is 46.9. The minimum atomic E-state index is -0.958. The minimum absolute atomic E-state index is 0.144. The van der Waals surface area contributed by atoms with Crippen LogP contribution in [0, 0.1) is 0 Å². The monoisotopic (exact) mass is 929 g/mol. The molecular formula is C54H72N8O4S. The van der Waals surface area contributed by atoms with Crippen LogP contribution >= 0.6 is 11.3 Å². The second kappa shape index (κ2) is 25.4. The molecule has 5 aliphatic heterocycles. The van der Waals surface area contributed by atoms with Crippen LogP contribution < -0.4 is 10.6 Å². The SMILES string of the molecule is CC(C)(C)OC(=O)N1CCNCC1.O=C(O)c1nccs1.c1ccc(C(c2ccccc2)N2CC(N3CCCCC3)C2)cc1.c1ccc(C(c2ccccc2)N2CC(N3CCNCC3)C2)cc1. The van der Waals surface area contributed by atoms with Crippen molar-refractivity contribution in [2.24, 2.45) is 0 Å². The molecule has 0 unspecified atom stereocenters. The van der Waals surface area contributed by atoms with Crippen molar-refractivity contribution < 1.29 is 19.4 Å². The van der Waals surface area contributed by atoms with E-state index in [0.717, 1.165) is 62.7 Å². The Bertz CT molecular complexity index is 1960. The number of carbonyl (C=O) groups is 2. The number of hydrogen-bond donors (Lipinski definition) is 3. The van der Waals surface area contributed by atoms with Crippen LogP contribution in [-0.2, 0) is 4.74 Å². The maximum Gasteiger partial charge on any atom is 0.410 e. The summed E-state index contributed by atoms with van der Waals surface area (Å²) in [4.78, 5) is 37.4. The van der Waals surface area contributed by atoms with Gasteiger partial charge in [-0.1, -0.05) is 128 Å². The lowest BCUT2D eigenvalue weighted by Gasteiger charge is -2.50. The molecule has 0 atom stereocenters. The number of amides is 1. The van der Waals surface area contributed by atoms with E-state index in [1.54, 1.807) is 10.3 Å². The second-order valence-electron chi connectivity index (χ2n) is 18.9. The van der Waals surface area contributed by atoms with Crippen molar-refractivity contribution in [3.8, 4) is 0 Å². The molecule has 0 saturated carbocycles. The van der Waals surface area contributed by atoms with E-state index >= 15 is 0 Å². The van der Waals surface area contributed by atoms with Crippen LogP contribution in [0.2, 0.25) is 0 Å². The summed E-state index contributed by atoms with van der Waals surface area (Å²) in [6.45, 7) is 20.9. The molecule has 5 saturated heterocycles. The van der Waals surface area contributed by atoms with Gasteiger partial charge in [0.15, 0.2) is 0 Å². The molecule has 0 spiro atoms. The molecule has 4 aromatic carbocycles. The number of carboxylic acid groups (broad SMARTS) is 1. The van der Waals surface area contributed by atoms with Crippen molar-refractivity contribution in [3.05, 3.63) is 160 Å². The van der Waals surface area contributed by atoms with E-state index in [2.05, 4.69) is 157 Å². The van der Waals surface area contributed by atoms with E-state index in [9.17, 15) is 9.59 Å². The average Bonchev–Trinajstić information content (AvgIpc) is 3.90. The Balaban J connectivity index is 0.000000142. The van der Waals surface area contributed by atoms with Crippen molar-refractivity contribution in [1.29, 1.82) is 0 Å². The normalized spacial score (nSPS) is 18.8. The topological polar surface area (TPSA) is 117 Å². The van der Waals surface area contributed by atoms with Crippen LogP contribution in [-0.4, -0.2) is 156 Å². The van der Waals surface area contributed by atoms with Gasteiger partial charge in [-0.25, -0.2) is 14.6 Å². The van der Waals surface area contributed by atoms with Gasteiger partial charge in [0.05, 0.1) is 12.1 Å². The second-order valence-corrected chi connectivity index (χ2v) is 19.8. The molecule has 12 nitrogen and oxygen atoms in total. The molecule has 6 heterocycles. The lowest BCUT2D eigenvalue weighted by molar-refractivity contribution is 0.00546. The first-order valence-electron chi connectivity index (χ1n) is 24.3. The average molecular weight is 929 g/mol. The molecule has 0 aliphatic carbocycles. The molecular weight excluding hydrogens is 857 g/mol. The number of aromatic carboxylic acids is 1. The minimum Gasteiger partial charge on any atom is -0.476 e. The molecule has 67 heavy (non-hydrogen) atoms. The largest absolute Gasteiger partial charge is 0.476 e. The summed E-state index contributed by atoms with van der Waals surface area (Å²) in [5.74, 6) is -0.958. The number of rotatable bonds is 9. The third-order valence-corrected chi connectivity index (χ3v) is 13.7. The van der Waals surface area contributed by atoms with Crippen molar-refractivity contribution >= 4 is 23.4 Å². The fourth-order valence-corrected chi connectivity index (χ4v) is 9.94. The number of likely N-dealkylation sites (tertiary alicyclic amines) is 3. The summed E-state index contributed by atoms with van der Waals surface area (Å²) in [5.41, 5.74) is 5.24. The molecule has 5 aromatic rings. The van der Waals surface area contributed by atoms with Crippen LogP contribution in [0.3, 0.4) is 0 Å². The van der Waals surface area contributed by atoms with E-state index in [1.165, 1.54) is 100 Å². The van der Waals surface area contributed by atoms with Gasteiger partial charge in [0.2, 0.25) is 5.01 Å². The number of piperazine rings is 2. The van der Waals surface area contributed by atoms with Gasteiger partial charge in [0.25, 0.3) is 0 Å². The molecule has 1 aromatic heterocycles. The number of thiazole rings is 1. The maximum absolute atomic E-state index is 11.5. The van der Waals surface area contributed by atoms with Crippen LogP contribution in [0.4, 0.5) is 4.79 Å². The van der Waals surface area contributed by atoms with Crippen LogP contribution in [0.5, 0.6) is 0 Å². The number of nitrogens with zero attached hydrogens (tertiary/aromatic N) is 6. The molecule has 13 heteroatoms. The van der Waals surface area contributed by atoms with Crippen LogP contribution in [0.15, 0.2) is 133 Å². The molecule has 5 aliphatic rings. The highest BCUT2D eigenvalue weighted by Gasteiger charge is 2.38. The molecule has 358 valence electrons. The fraction of sp³-hybridized carbons (Fsp3) is 0.463. The van der Waals surface area contributed by atoms with Gasteiger partial charge < -0.3 is 25.4 Å². The molecule has 0 bridgehead atoms. The zero-order valence-corrected chi connectivity index (χ0v) is 40.6. The highest BCUT2D eigenvalue weighted by Crippen LogP contribution is 2.35. The summed E-state index contributed by atoms with van der Waals surface area (Å²) in [6, 6.07) is 46.1. The van der Waals surface area contributed by atoms with Crippen LogP contribution in [0.25, 0.3) is 0 Å². The molecule has 10 rings (SSSR count). The number of piperidine rings is 1. The quantitative estimate of drug-likeness (QED) is 0.134.